The minimum absolute atomic E-state index is 0.00892. The van der Waals surface area contributed by atoms with Crippen LogP contribution in [0.5, 0.6) is 0 Å². The maximum Gasteiger partial charge on any atom is 0.251 e. The molecule has 99 heavy (non-hydrogen) atoms. The third-order valence-electron chi connectivity index (χ3n) is 17.5. The number of alkyl halides is 2. The van der Waals surface area contributed by atoms with Crippen LogP contribution < -0.4 is 47.9 Å². The first-order valence-electron chi connectivity index (χ1n) is 34.3. The first kappa shape index (κ1) is 77.6. The summed E-state index contributed by atoms with van der Waals surface area (Å²) in [7, 11) is 7.98. The number of ketones is 3. The highest BCUT2D eigenvalue weighted by molar-refractivity contribution is 8.00. The molecular formula is C79H99Cl2N11O6S. The van der Waals surface area contributed by atoms with Gasteiger partial charge in [-0.15, -0.1) is 23.2 Å². The smallest absolute Gasteiger partial charge is 0.251 e. The molecule has 0 bridgehead atoms. The van der Waals surface area contributed by atoms with E-state index in [1.807, 2.05) is 179 Å². The summed E-state index contributed by atoms with van der Waals surface area (Å²) in [6.07, 6.45) is 9.01. The lowest BCUT2D eigenvalue weighted by Gasteiger charge is -2.18. The zero-order valence-corrected chi connectivity index (χ0v) is 60.6. The molecule has 20 heteroatoms. The summed E-state index contributed by atoms with van der Waals surface area (Å²) in [5, 5.41) is 20.3. The number of unbranched alkanes of at least 4 members (excludes halogenated alkanes) is 1. The molecule has 2 aliphatic rings. The number of nitrogens with one attached hydrogen (secondary N) is 5. The van der Waals surface area contributed by atoms with Crippen LogP contribution in [-0.2, 0) is 32.0 Å². The van der Waals surface area contributed by atoms with E-state index >= 15 is 0 Å². The highest BCUT2D eigenvalue weighted by Gasteiger charge is 2.40. The Morgan fingerprint density at radius 1 is 0.606 bits per heavy atom. The van der Waals surface area contributed by atoms with Crippen LogP contribution in [-0.4, -0.2) is 141 Å². The van der Waals surface area contributed by atoms with Crippen LogP contribution in [0, 0.1) is 6.92 Å². The number of halogens is 2. The van der Waals surface area contributed by atoms with E-state index in [2.05, 4.69) is 67.4 Å². The molecule has 0 spiro atoms. The van der Waals surface area contributed by atoms with Gasteiger partial charge in [-0.1, -0.05) is 129 Å². The number of nitrogens with two attached hydrogens (primary N) is 2. The number of aryl methyl sites for hydroxylation is 2. The Morgan fingerprint density at radius 2 is 1.13 bits per heavy atom. The Balaban J connectivity index is 0.000000216. The number of aliphatic imine (C=N–C) groups is 2. The van der Waals surface area contributed by atoms with Gasteiger partial charge in [-0.3, -0.25) is 38.8 Å². The number of Topliss-reactive ketones (excluding diaryl/α,β-unsaturated/α-hetero) is 3. The zero-order chi connectivity index (χ0) is 71.2. The summed E-state index contributed by atoms with van der Waals surface area (Å²) >= 11 is 13.4. The van der Waals surface area contributed by atoms with Gasteiger partial charge >= 0.3 is 0 Å². The van der Waals surface area contributed by atoms with E-state index in [4.69, 9.17) is 34.7 Å². The second kappa shape index (κ2) is 40.4. The van der Waals surface area contributed by atoms with Gasteiger partial charge in [0.1, 0.15) is 17.5 Å². The van der Waals surface area contributed by atoms with Crippen LogP contribution >= 0.6 is 35.0 Å². The van der Waals surface area contributed by atoms with Crippen LogP contribution in [0.1, 0.15) is 121 Å². The number of benzene rings is 7. The molecule has 9 N–H and O–H groups in total. The molecule has 5 atom stereocenters. The molecule has 17 nitrogen and oxygen atoms in total. The van der Waals surface area contributed by atoms with E-state index in [-0.39, 0.29) is 53.3 Å². The Kier molecular flexibility index (Phi) is 31.7. The van der Waals surface area contributed by atoms with Crippen LogP contribution in [0.3, 0.4) is 0 Å². The van der Waals surface area contributed by atoms with Crippen molar-refractivity contribution >= 4 is 115 Å². The topological polar surface area (TPSA) is 246 Å². The molecule has 0 aliphatic carbocycles. The van der Waals surface area contributed by atoms with Gasteiger partial charge < -0.3 is 47.9 Å². The number of carbonyl (C=O) groups excluding carboxylic acids is 6. The maximum atomic E-state index is 13.4. The van der Waals surface area contributed by atoms with Crippen molar-refractivity contribution < 1.29 is 28.8 Å². The van der Waals surface area contributed by atoms with Crippen LogP contribution in [0.2, 0.25) is 0 Å². The lowest BCUT2D eigenvalue weighted by molar-refractivity contribution is -0.122. The number of carbonyl (C=O) groups is 6. The van der Waals surface area contributed by atoms with Gasteiger partial charge in [-0.2, -0.15) is 11.8 Å². The molecule has 526 valence electrons. The number of nitrogens with zero attached hydrogens (tertiary/aromatic N) is 4. The average Bonchev–Trinajstić information content (AvgIpc) is 1.79. The van der Waals surface area contributed by atoms with Crippen LogP contribution in [0.25, 0.3) is 32.7 Å². The van der Waals surface area contributed by atoms with E-state index in [1.54, 1.807) is 12.1 Å². The number of fused-ring (bicyclic) bond motifs is 3. The van der Waals surface area contributed by atoms with Crippen molar-refractivity contribution in [2.75, 3.05) is 75.1 Å². The number of amides is 3. The SMILES string of the molecule is C=C1NC2CSC(CCCCC(=O)NCCCC(=O)CC)C2N1.CN(C)c1ccc2cc(C(=O)N[C@@H](CCCN=C(N)CCl)C(=O)Cc3ccc(-c4ccccc4)cc3)ccc2c1.Cc1ccc(CCC(=O)[C@H](CCCN=C(N)CCl)NC(=O)c2ccc3cc(N(C)C)ccc3c2)cc1. The third-order valence-corrected chi connectivity index (χ3v) is 19.6. The highest BCUT2D eigenvalue weighted by atomic mass is 35.5. The van der Waals surface area contributed by atoms with Gasteiger partial charge in [0.25, 0.3) is 11.8 Å². The van der Waals surface area contributed by atoms with Crippen molar-refractivity contribution in [1.29, 1.82) is 0 Å². The fourth-order valence-electron chi connectivity index (χ4n) is 11.7. The molecule has 9 rings (SSSR count). The highest BCUT2D eigenvalue weighted by Crippen LogP contribution is 2.34. The van der Waals surface area contributed by atoms with E-state index < -0.39 is 12.1 Å². The number of hydrogen-bond acceptors (Lipinski definition) is 13. The zero-order valence-electron chi connectivity index (χ0n) is 58.2. The number of hydrogen-bond donors (Lipinski definition) is 7. The monoisotopic (exact) mass is 1400 g/mol. The molecule has 2 heterocycles. The van der Waals surface area contributed by atoms with E-state index in [0.29, 0.717) is 118 Å². The lowest BCUT2D eigenvalue weighted by Crippen LogP contribution is -2.41. The van der Waals surface area contributed by atoms with Crippen molar-refractivity contribution in [1.82, 2.24) is 26.6 Å². The van der Waals surface area contributed by atoms with Gasteiger partial charge in [0, 0.05) is 113 Å². The first-order chi connectivity index (χ1) is 47.7. The van der Waals surface area contributed by atoms with Crippen molar-refractivity contribution in [3.05, 3.63) is 192 Å². The molecule has 3 amide bonds. The summed E-state index contributed by atoms with van der Waals surface area (Å²) in [5.41, 5.74) is 20.0. The summed E-state index contributed by atoms with van der Waals surface area (Å²) < 4.78 is 0. The molecule has 3 unspecified atom stereocenters. The van der Waals surface area contributed by atoms with Gasteiger partial charge in [-0.05, 0) is 151 Å². The minimum atomic E-state index is -0.652. The predicted molar refractivity (Wildman–Crippen MR) is 412 cm³/mol. The van der Waals surface area contributed by atoms with Crippen molar-refractivity contribution in [2.45, 2.75) is 133 Å². The predicted octanol–water partition coefficient (Wildman–Crippen LogP) is 12.7. The van der Waals surface area contributed by atoms with Crippen molar-refractivity contribution in [2.24, 2.45) is 21.5 Å². The van der Waals surface area contributed by atoms with Crippen molar-refractivity contribution in [3.8, 4) is 11.1 Å². The van der Waals surface area contributed by atoms with Gasteiger partial charge in [-0.25, -0.2) is 0 Å². The second-order valence-electron chi connectivity index (χ2n) is 25.7. The van der Waals surface area contributed by atoms with Crippen molar-refractivity contribution in [3.63, 3.8) is 0 Å². The normalized spacial score (nSPS) is 15.4. The number of amidine groups is 2. The number of thioether (sulfide) groups is 1. The Morgan fingerprint density at radius 3 is 1.68 bits per heavy atom. The fraction of sp³-hybridized carbons (Fsp3) is 0.392. The summed E-state index contributed by atoms with van der Waals surface area (Å²) in [6.45, 7) is 9.36. The molecule has 0 radical (unpaired) electrons. The molecule has 0 aromatic heterocycles. The van der Waals surface area contributed by atoms with Crippen LogP contribution in [0.15, 0.2) is 174 Å². The molecule has 2 fully saturated rings. The fourth-order valence-corrected chi connectivity index (χ4v) is 13.4. The Labute approximate surface area is 599 Å². The molecule has 0 saturated carbocycles. The number of rotatable bonds is 34. The molecule has 7 aromatic rings. The third kappa shape index (κ3) is 25.5. The average molecular weight is 1400 g/mol. The van der Waals surface area contributed by atoms with Gasteiger partial charge in [0.2, 0.25) is 5.91 Å². The maximum absolute atomic E-state index is 13.4. The molecular weight excluding hydrogens is 1300 g/mol. The summed E-state index contributed by atoms with van der Waals surface area (Å²) in [5.74, 6) is 2.96. The summed E-state index contributed by atoms with van der Waals surface area (Å²) in [6, 6.07) is 49.4. The first-order valence-corrected chi connectivity index (χ1v) is 36.4. The second-order valence-corrected chi connectivity index (χ2v) is 27.5. The Hall–Kier alpha value is -8.71. The van der Waals surface area contributed by atoms with Crippen LogP contribution in [0.4, 0.5) is 11.4 Å². The lowest BCUT2D eigenvalue weighted by atomic mass is 9.97. The van der Waals surface area contributed by atoms with E-state index in [9.17, 15) is 28.8 Å². The van der Waals surface area contributed by atoms with E-state index in [1.165, 1.54) is 5.56 Å². The minimum Gasteiger partial charge on any atom is -0.386 e. The largest absolute Gasteiger partial charge is 0.386 e. The standard InChI is InChI=1S/C33H35ClN4O2.C29H35ClN4O2.C17H29N3O2S/c1-38(2)29-17-16-26-20-28(15-14-27(26)21-29)33(40)37-30(9-6-18-36-32(35)22-34)31(39)19-23-10-12-25(13-11-23)24-7-4-3-5-8-24;1-20-6-8-21(9-7-20)10-15-27(35)26(5-4-16-32-28(31)19-30)33-29(36)24-12-11-23-18-25(34(2)3)14-13-22(23)17-24;1-3-13(21)7-6-10-18-16(22)9-5-4-8-15-17-14(11-23-15)19-12(2)20-17/h3-5,7-8,10-17,20-21,30H,6,9,18-19,22H2,1-2H3,(H2,35,36)(H,37,40);6-9,11-14,17-18,26H,4-5,10,15-16,19H2,1-3H3,(H2,31,32)(H,33,36);14-15,17,19-20H,2-11H2,1H3,(H,18,22)/t30-;26-;/m00./s1. The molecule has 2 saturated heterocycles. The van der Waals surface area contributed by atoms with E-state index in [0.717, 1.165) is 92.4 Å². The van der Waals surface area contributed by atoms with Gasteiger partial charge in [0.15, 0.2) is 11.6 Å². The molecule has 2 aliphatic heterocycles. The van der Waals surface area contributed by atoms with Gasteiger partial charge in [0.05, 0.1) is 41.7 Å². The Bertz CT molecular complexity index is 3890. The quantitative estimate of drug-likeness (QED) is 0.00860. The number of anilines is 2. The molecule has 7 aromatic carbocycles. The summed E-state index contributed by atoms with van der Waals surface area (Å²) in [4.78, 5) is 88.4.